The predicted molar refractivity (Wildman–Crippen MR) is 239 cm³/mol. The van der Waals surface area contributed by atoms with Crippen LogP contribution in [0.3, 0.4) is 0 Å². The van der Waals surface area contributed by atoms with Crippen molar-refractivity contribution in [3.05, 3.63) is 105 Å². The van der Waals surface area contributed by atoms with Crippen molar-refractivity contribution < 1.29 is 72.8 Å². The summed E-state index contributed by atoms with van der Waals surface area (Å²) < 4.78 is 35.8. The molecule has 2 atom stereocenters. The van der Waals surface area contributed by atoms with Crippen LogP contribution in [0.5, 0.6) is 0 Å². The number of rotatable bonds is 11. The SMILES string of the molecule is CCOC(=O)C1CCC(CC(=O)N2CCc3c(C)nn(C(C)c4ccc(F)cc4)c3C2)CC1.Cc1nn(C(C)c2ccc(F)cc2)c2c1CCN(C(=O)CC1CCC(C(=O)O)CC1)C2.[Na+].[OH-]. The Hall–Kier alpha value is -4.44. The molecule has 2 amide bonds. The summed E-state index contributed by atoms with van der Waals surface area (Å²) in [6, 6.07) is 12.9. The summed E-state index contributed by atoms with van der Waals surface area (Å²) in [6.07, 6.45) is 8.96. The summed E-state index contributed by atoms with van der Waals surface area (Å²) in [5, 5.41) is 18.7. The summed E-state index contributed by atoms with van der Waals surface area (Å²) in [7, 11) is 0. The average molecular weight is 923 g/mol. The van der Waals surface area contributed by atoms with E-state index in [1.807, 2.05) is 46.9 Å². The molecule has 2 aliphatic carbocycles. The molecule has 0 saturated heterocycles. The normalized spacial score (nSPS) is 21.1. The number of carboxylic acids is 1. The molecular formula is C50H65F2N6NaO7. The number of fused-ring (bicyclic) bond motifs is 2. The van der Waals surface area contributed by atoms with E-state index in [1.54, 1.807) is 24.3 Å². The van der Waals surface area contributed by atoms with Crippen molar-refractivity contribution in [1.82, 2.24) is 29.4 Å². The van der Waals surface area contributed by atoms with Gasteiger partial charge in [0.15, 0.2) is 0 Å². The van der Waals surface area contributed by atoms with Gasteiger partial charge in [0.2, 0.25) is 11.8 Å². The minimum absolute atomic E-state index is 0. The molecule has 2 N–H and O–H groups in total. The van der Waals surface area contributed by atoms with Gasteiger partial charge in [-0.2, -0.15) is 10.2 Å². The van der Waals surface area contributed by atoms with Crippen molar-refractivity contribution in [3.63, 3.8) is 0 Å². The van der Waals surface area contributed by atoms with Crippen molar-refractivity contribution in [2.75, 3.05) is 19.7 Å². The number of esters is 1. The molecule has 0 spiro atoms. The number of benzene rings is 2. The maximum atomic E-state index is 13.4. The standard InChI is InChI=1S/C26H34FN3O3.C24H30FN3O3.Na.H2O/c1-4-33-26(32)21-7-5-19(6-8-21)15-25(31)29-14-13-23-17(2)28-30(24(23)16-29)18(3)20-9-11-22(27)12-10-20;1-15-21-11-12-27(23(29)13-17-3-5-19(6-4-17)24(30)31)14-22(21)28(26-15)16(2)18-7-9-20(25)10-8-18;;/h9-12,18-19,21H,4-8,13-16H2,1-3H3;7-10,16-17,19H,3-6,11-14H2,1-2H3,(H,30,31);;1H2/q;;+1;/p-1. The zero-order valence-electron chi connectivity index (χ0n) is 39.5. The van der Waals surface area contributed by atoms with Gasteiger partial charge in [-0.3, -0.25) is 28.5 Å². The van der Waals surface area contributed by atoms with Gasteiger partial charge in [-0.15, -0.1) is 0 Å². The summed E-state index contributed by atoms with van der Waals surface area (Å²) in [5.41, 5.74) is 8.53. The average Bonchev–Trinajstić information content (AvgIpc) is 3.81. The topological polar surface area (TPSA) is 170 Å². The molecule has 2 aliphatic heterocycles. The first-order valence-electron chi connectivity index (χ1n) is 23.3. The number of halogens is 2. The molecule has 0 bridgehead atoms. The molecule has 4 aromatic rings. The molecule has 2 saturated carbocycles. The van der Waals surface area contributed by atoms with Crippen molar-refractivity contribution in [3.8, 4) is 0 Å². The maximum Gasteiger partial charge on any atom is 1.00 e. The van der Waals surface area contributed by atoms with Crippen LogP contribution in [0.25, 0.3) is 0 Å². The molecule has 2 aromatic heterocycles. The van der Waals surface area contributed by atoms with Crippen LogP contribution in [-0.2, 0) is 49.8 Å². The molecule has 2 fully saturated rings. The van der Waals surface area contributed by atoms with Gasteiger partial charge in [0.1, 0.15) is 11.6 Å². The predicted octanol–water partition coefficient (Wildman–Crippen LogP) is 5.52. The summed E-state index contributed by atoms with van der Waals surface area (Å²) in [4.78, 5) is 53.2. The Bertz CT molecular complexity index is 2280. The van der Waals surface area contributed by atoms with E-state index in [2.05, 4.69) is 6.92 Å². The molecule has 4 aliphatic rings. The quantitative estimate of drug-likeness (QED) is 0.151. The number of amides is 2. The van der Waals surface area contributed by atoms with Crippen LogP contribution in [-0.4, -0.2) is 83.4 Å². The minimum Gasteiger partial charge on any atom is -0.870 e. The molecule has 2 aromatic carbocycles. The largest absolute Gasteiger partial charge is 1.00 e. The Morgan fingerprint density at radius 1 is 0.667 bits per heavy atom. The maximum absolute atomic E-state index is 13.4. The van der Waals surface area contributed by atoms with Crippen molar-refractivity contribution in [2.24, 2.45) is 23.7 Å². The number of aryl methyl sites for hydroxylation is 2. The van der Waals surface area contributed by atoms with Gasteiger partial charge in [0.25, 0.3) is 0 Å². The van der Waals surface area contributed by atoms with Gasteiger partial charge < -0.3 is 25.1 Å². The number of aromatic nitrogens is 4. The number of hydrogen-bond donors (Lipinski definition) is 1. The number of carbonyl (C=O) groups is 4. The van der Waals surface area contributed by atoms with E-state index in [1.165, 1.54) is 35.4 Å². The number of hydrogen-bond acceptors (Lipinski definition) is 8. The Kier molecular flexibility index (Phi) is 18.7. The summed E-state index contributed by atoms with van der Waals surface area (Å²) in [5.74, 6) is -0.667. The molecule has 8 rings (SSSR count). The first-order chi connectivity index (χ1) is 30.7. The Morgan fingerprint density at radius 2 is 1.05 bits per heavy atom. The molecule has 2 unspecified atom stereocenters. The molecule has 66 heavy (non-hydrogen) atoms. The van der Waals surface area contributed by atoms with Crippen molar-refractivity contribution >= 4 is 23.8 Å². The van der Waals surface area contributed by atoms with Crippen LogP contribution >= 0.6 is 0 Å². The van der Waals surface area contributed by atoms with E-state index in [0.717, 1.165) is 85.3 Å². The van der Waals surface area contributed by atoms with E-state index in [4.69, 9.17) is 20.0 Å². The Balaban J connectivity index is 0.000000241. The van der Waals surface area contributed by atoms with Crippen LogP contribution in [0.1, 0.15) is 142 Å². The fraction of sp³-hybridized carbons (Fsp3) is 0.560. The fourth-order valence-corrected chi connectivity index (χ4v) is 10.3. The van der Waals surface area contributed by atoms with E-state index in [-0.39, 0.29) is 94.3 Å². The number of nitrogens with zero attached hydrogens (tertiary/aromatic N) is 6. The summed E-state index contributed by atoms with van der Waals surface area (Å²) in [6.45, 7) is 12.9. The van der Waals surface area contributed by atoms with Gasteiger partial charge in [-0.25, -0.2) is 8.78 Å². The van der Waals surface area contributed by atoms with E-state index in [9.17, 15) is 28.0 Å². The first-order valence-corrected chi connectivity index (χ1v) is 23.3. The first kappa shape index (κ1) is 52.5. The van der Waals surface area contributed by atoms with Crippen molar-refractivity contribution in [2.45, 2.75) is 137 Å². The third kappa shape index (κ3) is 12.4. The zero-order valence-corrected chi connectivity index (χ0v) is 41.5. The second kappa shape index (κ2) is 23.5. The van der Waals surface area contributed by atoms with Crippen LogP contribution < -0.4 is 29.6 Å². The van der Waals surface area contributed by atoms with Gasteiger partial charge in [0.05, 0.1) is 66.4 Å². The smallest absolute Gasteiger partial charge is 0.870 e. The number of carboxylic acid groups (broad SMARTS) is 1. The zero-order chi connectivity index (χ0) is 45.7. The molecule has 13 nitrogen and oxygen atoms in total. The number of ether oxygens (including phenoxy) is 1. The fourth-order valence-electron chi connectivity index (χ4n) is 10.3. The van der Waals surface area contributed by atoms with Crippen LogP contribution in [0.4, 0.5) is 8.78 Å². The number of carbonyl (C=O) groups excluding carboxylic acids is 3. The monoisotopic (exact) mass is 922 g/mol. The van der Waals surface area contributed by atoms with Crippen LogP contribution in [0.2, 0.25) is 0 Å². The Labute approximate surface area is 409 Å². The Morgan fingerprint density at radius 3 is 1.41 bits per heavy atom. The van der Waals surface area contributed by atoms with Gasteiger partial charge >= 0.3 is 41.5 Å². The molecular weight excluding hydrogens is 858 g/mol. The molecule has 16 heteroatoms. The minimum atomic E-state index is -0.716. The van der Waals surface area contributed by atoms with E-state index < -0.39 is 5.97 Å². The molecule has 4 heterocycles. The second-order valence-corrected chi connectivity index (χ2v) is 18.4. The van der Waals surface area contributed by atoms with Gasteiger partial charge in [0, 0.05) is 25.9 Å². The summed E-state index contributed by atoms with van der Waals surface area (Å²) >= 11 is 0. The third-order valence-electron chi connectivity index (χ3n) is 14.3. The van der Waals surface area contributed by atoms with E-state index in [0.29, 0.717) is 64.4 Å². The molecule has 0 radical (unpaired) electrons. The second-order valence-electron chi connectivity index (χ2n) is 18.4. The third-order valence-corrected chi connectivity index (χ3v) is 14.3. The van der Waals surface area contributed by atoms with Crippen LogP contribution in [0, 0.1) is 49.2 Å². The van der Waals surface area contributed by atoms with E-state index >= 15 is 0 Å². The molecule has 352 valence electrons. The van der Waals surface area contributed by atoms with Gasteiger partial charge in [-0.05, 0) is 157 Å². The van der Waals surface area contributed by atoms with Crippen LogP contribution in [0.15, 0.2) is 48.5 Å². The van der Waals surface area contributed by atoms with Crippen molar-refractivity contribution in [1.29, 1.82) is 0 Å². The number of aliphatic carboxylic acids is 1. The van der Waals surface area contributed by atoms with Gasteiger partial charge in [-0.1, -0.05) is 24.3 Å².